The molecule has 0 radical (unpaired) electrons. The van der Waals surface area contributed by atoms with Gasteiger partial charge in [0.15, 0.2) is 0 Å². The Morgan fingerprint density at radius 1 is 1.45 bits per heavy atom. The normalized spacial score (nSPS) is 20.1. The van der Waals surface area contributed by atoms with Crippen LogP contribution in [0, 0.1) is 5.92 Å². The number of rotatable bonds is 5. The number of nitrogens with zero attached hydrogens (tertiary/aromatic N) is 3. The number of aliphatic hydroxyl groups is 1. The second kappa shape index (κ2) is 6.24. The van der Waals surface area contributed by atoms with E-state index in [9.17, 15) is 13.5 Å². The number of hydrogen-bond acceptors (Lipinski definition) is 5. The fourth-order valence-electron chi connectivity index (χ4n) is 2.66. The molecule has 114 valence electrons. The van der Waals surface area contributed by atoms with Crippen LogP contribution >= 0.6 is 0 Å². The van der Waals surface area contributed by atoms with Crippen LogP contribution < -0.4 is 0 Å². The zero-order valence-electron chi connectivity index (χ0n) is 12.1. The number of aliphatic hydroxyl groups excluding tert-OH is 1. The lowest BCUT2D eigenvalue weighted by Crippen LogP contribution is -2.38. The van der Waals surface area contributed by atoms with Gasteiger partial charge in [-0.1, -0.05) is 0 Å². The van der Waals surface area contributed by atoms with Crippen molar-refractivity contribution < 1.29 is 13.5 Å². The average molecular weight is 301 g/mol. The molecule has 20 heavy (non-hydrogen) atoms. The Kier molecular flexibility index (Phi) is 4.82. The molecule has 1 saturated heterocycles. The van der Waals surface area contributed by atoms with Crippen molar-refractivity contribution in [3.63, 3.8) is 0 Å². The van der Waals surface area contributed by atoms with Crippen molar-refractivity contribution in [1.82, 2.24) is 14.5 Å². The van der Waals surface area contributed by atoms with Gasteiger partial charge in [0.05, 0.1) is 5.75 Å². The Morgan fingerprint density at radius 2 is 2.10 bits per heavy atom. The summed E-state index contributed by atoms with van der Waals surface area (Å²) < 4.78 is 24.2. The van der Waals surface area contributed by atoms with Crippen LogP contribution in [-0.2, 0) is 16.9 Å². The lowest BCUT2D eigenvalue weighted by Gasteiger charge is -2.33. The lowest BCUT2D eigenvalue weighted by atomic mass is 9.91. The van der Waals surface area contributed by atoms with E-state index in [4.69, 9.17) is 0 Å². The highest BCUT2D eigenvalue weighted by Crippen LogP contribution is 2.29. The first-order chi connectivity index (χ1) is 9.37. The fraction of sp³-hybridized carbons (Fsp3) is 0.769. The predicted molar refractivity (Wildman–Crippen MR) is 77.0 cm³/mol. The molecule has 1 aromatic rings. The maximum atomic E-state index is 11.2. The molecule has 1 atom stereocenters. The Morgan fingerprint density at radius 3 is 2.60 bits per heavy atom. The summed E-state index contributed by atoms with van der Waals surface area (Å²) in [4.78, 5) is 6.35. The second-order valence-corrected chi connectivity index (χ2v) is 7.91. The third kappa shape index (κ3) is 4.04. The van der Waals surface area contributed by atoms with Gasteiger partial charge >= 0.3 is 0 Å². The second-order valence-electron chi connectivity index (χ2n) is 5.65. The smallest absolute Gasteiger partial charge is 0.148 e. The number of piperidine rings is 1. The Balaban J connectivity index is 1.84. The molecule has 1 aromatic heterocycles. The molecule has 0 spiro atoms. The first-order valence-electron chi connectivity index (χ1n) is 6.92. The zero-order valence-corrected chi connectivity index (χ0v) is 12.9. The van der Waals surface area contributed by atoms with Crippen molar-refractivity contribution in [1.29, 1.82) is 0 Å². The number of sulfone groups is 1. The minimum absolute atomic E-state index is 0.200. The van der Waals surface area contributed by atoms with Gasteiger partial charge in [0.1, 0.15) is 21.8 Å². The maximum absolute atomic E-state index is 11.2. The first kappa shape index (κ1) is 15.5. The van der Waals surface area contributed by atoms with Gasteiger partial charge < -0.3 is 14.6 Å². The minimum Gasteiger partial charge on any atom is -0.385 e. The van der Waals surface area contributed by atoms with Crippen molar-refractivity contribution in [3.8, 4) is 0 Å². The largest absolute Gasteiger partial charge is 0.385 e. The molecule has 0 aliphatic carbocycles. The van der Waals surface area contributed by atoms with Crippen LogP contribution in [0.5, 0.6) is 0 Å². The molecule has 1 aliphatic rings. The monoisotopic (exact) mass is 301 g/mol. The number of aromatic nitrogens is 2. The standard InChI is InChI=1S/C13H23N3O3S/c1-15-8-5-14-13(15)12(17)11-3-6-16(7-4-11)9-10-20(2,18)19/h5,8,11-12,17H,3-4,6-7,9-10H2,1-2H3. The third-order valence-electron chi connectivity index (χ3n) is 3.98. The zero-order chi connectivity index (χ0) is 14.8. The van der Waals surface area contributed by atoms with Crippen LogP contribution in [0.15, 0.2) is 12.4 Å². The van der Waals surface area contributed by atoms with Gasteiger partial charge in [-0.15, -0.1) is 0 Å². The first-order valence-corrected chi connectivity index (χ1v) is 8.98. The molecule has 0 saturated carbocycles. The summed E-state index contributed by atoms with van der Waals surface area (Å²) in [6.45, 7) is 2.26. The topological polar surface area (TPSA) is 75.4 Å². The van der Waals surface area contributed by atoms with Crippen LogP contribution in [0.4, 0.5) is 0 Å². The summed E-state index contributed by atoms with van der Waals surface area (Å²) in [6.07, 6.45) is 6.01. The van der Waals surface area contributed by atoms with Gasteiger partial charge in [-0.05, 0) is 31.8 Å². The SMILES string of the molecule is Cn1ccnc1C(O)C1CCN(CCS(C)(=O)=O)CC1. The summed E-state index contributed by atoms with van der Waals surface area (Å²) in [5, 5.41) is 10.4. The van der Waals surface area contributed by atoms with Gasteiger partial charge in [0.25, 0.3) is 0 Å². The van der Waals surface area contributed by atoms with E-state index in [1.807, 2.05) is 17.8 Å². The lowest BCUT2D eigenvalue weighted by molar-refractivity contribution is 0.0527. The number of hydrogen-bond donors (Lipinski definition) is 1. The van der Waals surface area contributed by atoms with E-state index >= 15 is 0 Å². The van der Waals surface area contributed by atoms with E-state index < -0.39 is 15.9 Å². The molecular weight excluding hydrogens is 278 g/mol. The molecule has 2 rings (SSSR count). The maximum Gasteiger partial charge on any atom is 0.148 e. The molecule has 1 aliphatic heterocycles. The highest BCUT2D eigenvalue weighted by molar-refractivity contribution is 7.90. The summed E-state index contributed by atoms with van der Waals surface area (Å²) in [5.74, 6) is 1.12. The molecule has 0 bridgehead atoms. The van der Waals surface area contributed by atoms with Crippen LogP contribution in [0.3, 0.4) is 0 Å². The third-order valence-corrected chi connectivity index (χ3v) is 4.90. The van der Waals surface area contributed by atoms with Crippen molar-refractivity contribution in [2.24, 2.45) is 13.0 Å². The molecule has 0 aromatic carbocycles. The average Bonchev–Trinajstić information content (AvgIpc) is 2.81. The van der Waals surface area contributed by atoms with Crippen LogP contribution in [-0.4, -0.2) is 59.6 Å². The fourth-order valence-corrected chi connectivity index (χ4v) is 3.25. The Hall–Kier alpha value is -0.920. The molecular formula is C13H23N3O3S. The van der Waals surface area contributed by atoms with Crippen LogP contribution in [0.2, 0.25) is 0 Å². The van der Waals surface area contributed by atoms with E-state index in [1.54, 1.807) is 6.20 Å². The highest BCUT2D eigenvalue weighted by Gasteiger charge is 2.28. The molecule has 0 amide bonds. The number of aryl methyl sites for hydroxylation is 1. The van der Waals surface area contributed by atoms with E-state index in [0.29, 0.717) is 12.4 Å². The molecule has 1 fully saturated rings. The van der Waals surface area contributed by atoms with E-state index in [2.05, 4.69) is 9.88 Å². The van der Waals surface area contributed by atoms with Gasteiger partial charge in [0.2, 0.25) is 0 Å². The Labute approximate surface area is 120 Å². The van der Waals surface area contributed by atoms with Crippen molar-refractivity contribution in [2.45, 2.75) is 18.9 Å². The van der Waals surface area contributed by atoms with E-state index in [1.165, 1.54) is 6.26 Å². The number of likely N-dealkylation sites (tertiary alicyclic amines) is 1. The van der Waals surface area contributed by atoms with Crippen LogP contribution in [0.25, 0.3) is 0 Å². The van der Waals surface area contributed by atoms with Gasteiger partial charge in [0, 0.05) is 32.2 Å². The highest BCUT2D eigenvalue weighted by atomic mass is 32.2. The quantitative estimate of drug-likeness (QED) is 0.841. The van der Waals surface area contributed by atoms with Crippen molar-refractivity contribution in [3.05, 3.63) is 18.2 Å². The Bertz CT molecular complexity index is 533. The summed E-state index contributed by atoms with van der Waals surface area (Å²) in [5.41, 5.74) is 0. The summed E-state index contributed by atoms with van der Waals surface area (Å²) >= 11 is 0. The van der Waals surface area contributed by atoms with E-state index in [-0.39, 0.29) is 11.7 Å². The predicted octanol–water partition coefficient (Wildman–Crippen LogP) is 0.210. The summed E-state index contributed by atoms with van der Waals surface area (Å²) in [7, 11) is -1.02. The van der Waals surface area contributed by atoms with E-state index in [0.717, 1.165) is 25.9 Å². The van der Waals surface area contributed by atoms with Crippen molar-refractivity contribution >= 4 is 9.84 Å². The number of imidazole rings is 1. The molecule has 1 N–H and O–H groups in total. The van der Waals surface area contributed by atoms with Crippen LogP contribution in [0.1, 0.15) is 24.8 Å². The molecule has 2 heterocycles. The van der Waals surface area contributed by atoms with Gasteiger partial charge in [-0.25, -0.2) is 13.4 Å². The molecule has 1 unspecified atom stereocenters. The molecule has 6 nitrogen and oxygen atoms in total. The van der Waals surface area contributed by atoms with Gasteiger partial charge in [-0.2, -0.15) is 0 Å². The molecule has 7 heteroatoms. The summed E-state index contributed by atoms with van der Waals surface area (Å²) in [6, 6.07) is 0. The minimum atomic E-state index is -2.90. The van der Waals surface area contributed by atoms with Crippen molar-refractivity contribution in [2.75, 3.05) is 31.6 Å². The van der Waals surface area contributed by atoms with Gasteiger partial charge in [-0.3, -0.25) is 0 Å².